The highest BCUT2D eigenvalue weighted by atomic mass is 35.5. The number of nitrogens with zero attached hydrogens (tertiary/aromatic N) is 1. The Morgan fingerprint density at radius 1 is 1.19 bits per heavy atom. The fourth-order valence-electron chi connectivity index (χ4n) is 4.03. The molecule has 194 valence electrons. The number of rotatable bonds is 5. The average molecular weight is 571 g/mol. The van der Waals surface area contributed by atoms with Crippen LogP contribution in [0.5, 0.6) is 0 Å². The van der Waals surface area contributed by atoms with E-state index in [0.29, 0.717) is 5.56 Å². The van der Waals surface area contributed by atoms with Crippen molar-refractivity contribution in [3.8, 4) is 0 Å². The van der Waals surface area contributed by atoms with E-state index in [-0.39, 0.29) is 17.8 Å². The van der Waals surface area contributed by atoms with Gasteiger partial charge in [-0.05, 0) is 29.3 Å². The number of hydroxylamine groups is 1. The number of nitrogens with one attached hydrogen (secondary N) is 1. The van der Waals surface area contributed by atoms with Crippen LogP contribution in [-0.2, 0) is 25.1 Å². The third kappa shape index (κ3) is 4.79. The highest BCUT2D eigenvalue weighted by Gasteiger charge is 2.60. The summed E-state index contributed by atoms with van der Waals surface area (Å²) in [4.78, 5) is 18.3. The molecule has 2 heterocycles. The van der Waals surface area contributed by atoms with Crippen LogP contribution < -0.4 is 5.48 Å². The smallest absolute Gasteiger partial charge is 0.329 e. The van der Waals surface area contributed by atoms with E-state index >= 15 is 0 Å². The van der Waals surface area contributed by atoms with Gasteiger partial charge >= 0.3 is 6.18 Å². The molecule has 1 fully saturated rings. The summed E-state index contributed by atoms with van der Waals surface area (Å²) in [6.07, 6.45) is -4.80. The van der Waals surface area contributed by atoms with Gasteiger partial charge in [0.15, 0.2) is 15.7 Å². The summed E-state index contributed by atoms with van der Waals surface area (Å²) in [5.41, 5.74) is -0.902. The molecule has 6 nitrogen and oxygen atoms in total. The van der Waals surface area contributed by atoms with E-state index in [1.807, 2.05) is 0 Å². The highest BCUT2D eigenvalue weighted by molar-refractivity contribution is 7.91. The van der Waals surface area contributed by atoms with Crippen LogP contribution in [0.1, 0.15) is 22.7 Å². The number of alkyl halides is 4. The van der Waals surface area contributed by atoms with Gasteiger partial charge in [-0.1, -0.05) is 47.5 Å². The number of hydrogen-bond donors (Lipinski definition) is 1. The molecule has 0 aliphatic carbocycles. The number of benzene rings is 2. The molecule has 14 heteroatoms. The van der Waals surface area contributed by atoms with Crippen LogP contribution in [-0.4, -0.2) is 50.1 Å². The van der Waals surface area contributed by atoms with Crippen LogP contribution in [0.4, 0.5) is 22.0 Å². The van der Waals surface area contributed by atoms with E-state index < -0.39 is 66.9 Å². The molecular weight excluding hydrogens is 554 g/mol. The maximum atomic E-state index is 14.3. The molecule has 4 rings (SSSR count). The van der Waals surface area contributed by atoms with Crippen molar-refractivity contribution < 1.29 is 40.0 Å². The Kier molecular flexibility index (Phi) is 6.78. The monoisotopic (exact) mass is 570 g/mol. The fraction of sp³-hybridized carbons (Fsp3) is 0.318. The lowest BCUT2D eigenvalue weighted by molar-refractivity contribution is -0.269. The van der Waals surface area contributed by atoms with Gasteiger partial charge < -0.3 is 4.90 Å². The van der Waals surface area contributed by atoms with E-state index in [9.17, 15) is 35.2 Å². The number of amides is 1. The maximum Gasteiger partial charge on any atom is 0.428 e. The van der Waals surface area contributed by atoms with Crippen molar-refractivity contribution in [3.63, 3.8) is 0 Å². The van der Waals surface area contributed by atoms with Crippen molar-refractivity contribution in [2.75, 3.05) is 18.6 Å². The Bertz CT molecular complexity index is 1330. The quantitative estimate of drug-likeness (QED) is 0.415. The molecule has 2 aromatic carbocycles. The second-order valence-electron chi connectivity index (χ2n) is 8.45. The molecule has 36 heavy (non-hydrogen) atoms. The Morgan fingerprint density at radius 2 is 1.78 bits per heavy atom. The SMILES string of the molecule is CS(=O)(=O)CC(=O)N1CC(F)C1c1ccc(C2=CC(c3cc(Cl)c(F)c(Cl)c3)(C(F)(F)F)ON2)cc1. The first-order valence-corrected chi connectivity index (χ1v) is 13.0. The Labute approximate surface area is 212 Å². The first-order chi connectivity index (χ1) is 16.6. The van der Waals surface area contributed by atoms with E-state index in [2.05, 4.69) is 5.48 Å². The molecule has 2 aliphatic heterocycles. The molecule has 0 spiro atoms. The van der Waals surface area contributed by atoms with Crippen LogP contribution in [0, 0.1) is 5.82 Å². The Hall–Kier alpha value is -2.41. The van der Waals surface area contributed by atoms with Crippen molar-refractivity contribution in [2.45, 2.75) is 24.0 Å². The number of likely N-dealkylation sites (tertiary alicyclic amines) is 1. The molecule has 1 saturated heterocycles. The molecule has 1 N–H and O–H groups in total. The third-order valence-electron chi connectivity index (χ3n) is 5.82. The predicted octanol–water partition coefficient (Wildman–Crippen LogP) is 4.73. The molecule has 1 amide bonds. The zero-order chi connectivity index (χ0) is 26.6. The van der Waals surface area contributed by atoms with Gasteiger partial charge in [0.25, 0.3) is 0 Å². The van der Waals surface area contributed by atoms with Crippen molar-refractivity contribution >= 4 is 44.6 Å². The van der Waals surface area contributed by atoms with E-state index in [1.54, 1.807) is 0 Å². The highest BCUT2D eigenvalue weighted by Crippen LogP contribution is 2.48. The van der Waals surface area contributed by atoms with Gasteiger partial charge in [0, 0.05) is 11.8 Å². The summed E-state index contributed by atoms with van der Waals surface area (Å²) in [6.45, 7) is -0.266. The molecular formula is C22H17Cl2F5N2O4S. The second kappa shape index (κ2) is 9.16. The predicted molar refractivity (Wildman–Crippen MR) is 122 cm³/mol. The van der Waals surface area contributed by atoms with Gasteiger partial charge in [0.1, 0.15) is 11.9 Å². The lowest BCUT2D eigenvalue weighted by Crippen LogP contribution is -2.55. The summed E-state index contributed by atoms with van der Waals surface area (Å²) in [5.74, 6) is -2.59. The lowest BCUT2D eigenvalue weighted by atomic mass is 9.90. The van der Waals surface area contributed by atoms with Crippen LogP contribution in [0.15, 0.2) is 42.5 Å². The first kappa shape index (κ1) is 26.6. The standard InChI is InChI=1S/C22H17Cl2F5N2O4S/c1-36(33,34)10-18(32)31-9-16(25)20(31)12-4-2-11(3-5-12)17-8-21(35-30-17,22(27,28)29)13-6-14(23)19(26)15(24)7-13/h2-8,16,20,30H,9-10H2,1H3. The molecule has 0 saturated carbocycles. The minimum Gasteiger partial charge on any atom is -0.329 e. The Balaban J connectivity index is 1.64. The molecule has 0 aromatic heterocycles. The van der Waals surface area contributed by atoms with Gasteiger partial charge in [-0.25, -0.2) is 17.2 Å². The van der Waals surface area contributed by atoms with Crippen LogP contribution in [0.3, 0.4) is 0 Å². The van der Waals surface area contributed by atoms with E-state index in [1.165, 1.54) is 24.3 Å². The molecule has 2 aliphatic rings. The van der Waals surface area contributed by atoms with E-state index in [0.717, 1.165) is 29.4 Å². The molecule has 0 radical (unpaired) electrons. The lowest BCUT2D eigenvalue weighted by Gasteiger charge is -2.44. The number of hydrogen-bond acceptors (Lipinski definition) is 5. The molecule has 0 bridgehead atoms. The zero-order valence-corrected chi connectivity index (χ0v) is 20.6. The number of carbonyl (C=O) groups excluding carboxylic acids is 1. The fourth-order valence-corrected chi connectivity index (χ4v) is 5.13. The summed E-state index contributed by atoms with van der Waals surface area (Å²) in [6, 6.07) is 6.11. The minimum absolute atomic E-state index is 0.0918. The summed E-state index contributed by atoms with van der Waals surface area (Å²) in [5, 5.41) is -1.24. The summed E-state index contributed by atoms with van der Waals surface area (Å²) >= 11 is 11.4. The van der Waals surface area contributed by atoms with Gasteiger partial charge in [0.05, 0.1) is 28.3 Å². The van der Waals surface area contributed by atoms with Crippen molar-refractivity contribution in [2.24, 2.45) is 0 Å². The first-order valence-electron chi connectivity index (χ1n) is 10.2. The number of sulfone groups is 1. The molecule has 3 unspecified atom stereocenters. The van der Waals surface area contributed by atoms with Crippen molar-refractivity contribution in [1.29, 1.82) is 0 Å². The molecule has 2 aromatic rings. The number of halogens is 7. The second-order valence-corrected chi connectivity index (χ2v) is 11.4. The van der Waals surface area contributed by atoms with Gasteiger partial charge in [-0.3, -0.25) is 15.1 Å². The molecule has 3 atom stereocenters. The van der Waals surface area contributed by atoms with Gasteiger partial charge in [-0.15, -0.1) is 0 Å². The van der Waals surface area contributed by atoms with Crippen molar-refractivity contribution in [1.82, 2.24) is 10.4 Å². The normalized spacial score (nSPS) is 24.2. The van der Waals surface area contributed by atoms with Crippen molar-refractivity contribution in [3.05, 3.63) is 75.0 Å². The minimum atomic E-state index is -5.00. The van der Waals surface area contributed by atoms with Gasteiger partial charge in [0.2, 0.25) is 11.5 Å². The Morgan fingerprint density at radius 3 is 2.28 bits per heavy atom. The topological polar surface area (TPSA) is 75.7 Å². The third-order valence-corrected chi connectivity index (χ3v) is 7.14. The summed E-state index contributed by atoms with van der Waals surface area (Å²) in [7, 11) is -3.61. The largest absolute Gasteiger partial charge is 0.428 e. The van der Waals surface area contributed by atoms with Crippen LogP contribution in [0.25, 0.3) is 5.70 Å². The van der Waals surface area contributed by atoms with Crippen LogP contribution >= 0.6 is 23.2 Å². The average Bonchev–Trinajstić information content (AvgIpc) is 3.21. The van der Waals surface area contributed by atoms with Gasteiger partial charge in [-0.2, -0.15) is 13.2 Å². The maximum absolute atomic E-state index is 14.3. The van der Waals surface area contributed by atoms with Crippen LogP contribution in [0.2, 0.25) is 10.0 Å². The zero-order valence-electron chi connectivity index (χ0n) is 18.2. The van der Waals surface area contributed by atoms with E-state index in [4.69, 9.17) is 28.0 Å². The summed E-state index contributed by atoms with van der Waals surface area (Å²) < 4.78 is 93.3. The number of carbonyl (C=O) groups is 1.